The van der Waals surface area contributed by atoms with E-state index in [1.807, 2.05) is 59.5 Å². The van der Waals surface area contributed by atoms with Crippen LogP contribution in [0, 0.1) is 22.8 Å². The van der Waals surface area contributed by atoms with Crippen molar-refractivity contribution in [2.24, 2.45) is 16.7 Å². The van der Waals surface area contributed by atoms with Crippen molar-refractivity contribution in [2.45, 2.75) is 137 Å². The Morgan fingerprint density at radius 3 is 2.19 bits per heavy atom. The van der Waals surface area contributed by atoms with Crippen LogP contribution in [-0.2, 0) is 30.3 Å². The van der Waals surface area contributed by atoms with Crippen molar-refractivity contribution in [1.29, 1.82) is 0 Å². The molecule has 2 atom stereocenters. The number of hydrogen-bond acceptors (Lipinski definition) is 5. The molecule has 3 aromatic carbocycles. The fourth-order valence-electron chi connectivity index (χ4n) is 7.46. The smallest absolute Gasteiger partial charge is 0.164 e. The van der Waals surface area contributed by atoms with Crippen LogP contribution in [0.1, 0.15) is 132 Å². The molecule has 287 valence electrons. The third-order valence-electron chi connectivity index (χ3n) is 12.0. The zero-order valence-electron chi connectivity index (χ0n) is 34.0. The molecule has 0 amide bonds. The first kappa shape index (κ1) is 42.8. The van der Waals surface area contributed by atoms with Crippen molar-refractivity contribution in [2.75, 3.05) is 0 Å². The van der Waals surface area contributed by atoms with E-state index in [1.54, 1.807) is 0 Å². The zero-order chi connectivity index (χ0) is 38.2. The van der Waals surface area contributed by atoms with E-state index in [0.29, 0.717) is 17.1 Å². The summed E-state index contributed by atoms with van der Waals surface area (Å²) in [6, 6.07) is 21.0. The van der Waals surface area contributed by atoms with Gasteiger partial charge in [0.15, 0.2) is 5.78 Å². The average Bonchev–Trinajstić information content (AvgIpc) is 3.66. The van der Waals surface area contributed by atoms with Gasteiger partial charge in [-0.05, 0) is 73.1 Å². The fraction of sp³-hybridized carbons (Fsp3) is 0.489. The van der Waals surface area contributed by atoms with E-state index in [0.717, 1.165) is 53.5 Å². The predicted octanol–water partition coefficient (Wildman–Crippen LogP) is 14.2. The molecule has 0 fully saturated rings. The molecule has 3 heterocycles. The third kappa shape index (κ3) is 8.51. The Morgan fingerprint density at radius 1 is 0.943 bits per heavy atom. The van der Waals surface area contributed by atoms with E-state index >= 15 is 0 Å². The van der Waals surface area contributed by atoms with Gasteiger partial charge in [-0.2, -0.15) is 0 Å². The second kappa shape index (κ2) is 16.8. The molecule has 1 aliphatic rings. The summed E-state index contributed by atoms with van der Waals surface area (Å²) in [6.07, 6.45) is 7.89. The van der Waals surface area contributed by atoms with Crippen LogP contribution in [0.5, 0.6) is 0 Å². The first-order chi connectivity index (χ1) is 24.5. The Balaban J connectivity index is 0.000000299. The second-order valence-corrected chi connectivity index (χ2v) is 18.3. The van der Waals surface area contributed by atoms with E-state index in [9.17, 15) is 9.90 Å². The number of carbonyl (C=O) groups excluding carboxylic acids is 1. The molecule has 2 aromatic heterocycles. The molecule has 0 bridgehead atoms. The SMILES string of the molecule is CC(C)CC1c2c(ccc3oc4c(-c5[c-]c6ccccc6c(C(C)(C)C)c5)nccc4c23)SC1C.CCC(C)(CC)C(=O)/C=C(\O)C(C)(CC)CC.[Ir]. The number of hydrogen-bond donors (Lipinski definition) is 1. The average molecular weight is 911 g/mol. The summed E-state index contributed by atoms with van der Waals surface area (Å²) in [5.41, 5.74) is 5.89. The van der Waals surface area contributed by atoms with Crippen molar-refractivity contribution in [3.8, 4) is 11.3 Å². The molecule has 1 N–H and O–H groups in total. The summed E-state index contributed by atoms with van der Waals surface area (Å²) in [5.74, 6) is 1.48. The van der Waals surface area contributed by atoms with Crippen LogP contribution in [0.4, 0.5) is 0 Å². The van der Waals surface area contributed by atoms with Crippen molar-refractivity contribution in [3.05, 3.63) is 83.8 Å². The first-order valence-corrected chi connectivity index (χ1v) is 20.3. The molecule has 6 rings (SSSR count). The second-order valence-electron chi connectivity index (χ2n) is 16.9. The van der Waals surface area contributed by atoms with Crippen molar-refractivity contribution in [1.82, 2.24) is 4.98 Å². The Bertz CT molecular complexity index is 2090. The number of fused-ring (bicyclic) bond motifs is 6. The Morgan fingerprint density at radius 2 is 1.58 bits per heavy atom. The number of furan rings is 1. The quantitative estimate of drug-likeness (QED) is 0.0859. The van der Waals surface area contributed by atoms with Gasteiger partial charge in [0.25, 0.3) is 0 Å². The molecule has 1 aliphatic heterocycles. The molecule has 0 aliphatic carbocycles. The summed E-state index contributed by atoms with van der Waals surface area (Å²) in [7, 11) is 0. The van der Waals surface area contributed by atoms with Crippen LogP contribution >= 0.6 is 11.8 Å². The number of aromatic nitrogens is 1. The number of aliphatic hydroxyl groups excluding tert-OH is 1. The topological polar surface area (TPSA) is 63.3 Å². The van der Waals surface area contributed by atoms with Crippen LogP contribution in [0.15, 0.2) is 75.9 Å². The maximum absolute atomic E-state index is 12.2. The maximum atomic E-state index is 12.2. The minimum atomic E-state index is -0.337. The summed E-state index contributed by atoms with van der Waals surface area (Å²) in [4.78, 5) is 18.4. The van der Waals surface area contributed by atoms with E-state index in [-0.39, 0.29) is 47.9 Å². The van der Waals surface area contributed by atoms with Gasteiger partial charge in [-0.3, -0.25) is 9.78 Å². The molecule has 0 saturated carbocycles. The largest absolute Gasteiger partial charge is 0.512 e. The van der Waals surface area contributed by atoms with Crippen LogP contribution in [0.2, 0.25) is 0 Å². The Kier molecular flexibility index (Phi) is 13.6. The minimum Gasteiger partial charge on any atom is -0.512 e. The molecule has 0 spiro atoms. The molecule has 53 heavy (non-hydrogen) atoms. The Hall–Kier alpha value is -2.92. The summed E-state index contributed by atoms with van der Waals surface area (Å²) < 4.78 is 6.60. The molecule has 6 heteroatoms. The van der Waals surface area contributed by atoms with E-state index in [4.69, 9.17) is 9.40 Å². The van der Waals surface area contributed by atoms with E-state index in [2.05, 4.69) is 96.1 Å². The number of rotatable bonds is 10. The number of ketones is 1. The van der Waals surface area contributed by atoms with Gasteiger partial charge in [0.2, 0.25) is 0 Å². The van der Waals surface area contributed by atoms with Gasteiger partial charge >= 0.3 is 0 Å². The van der Waals surface area contributed by atoms with Gasteiger partial charge in [-0.1, -0.05) is 112 Å². The first-order valence-electron chi connectivity index (χ1n) is 19.4. The van der Waals surface area contributed by atoms with Crippen LogP contribution in [0.25, 0.3) is 44.0 Å². The van der Waals surface area contributed by atoms with Gasteiger partial charge in [0.05, 0.1) is 0 Å². The monoisotopic (exact) mass is 911 g/mol. The number of benzene rings is 3. The van der Waals surface area contributed by atoms with Crippen LogP contribution < -0.4 is 0 Å². The third-order valence-corrected chi connectivity index (χ3v) is 13.3. The number of pyridine rings is 1. The zero-order valence-corrected chi connectivity index (χ0v) is 37.2. The van der Waals surface area contributed by atoms with Crippen molar-refractivity contribution < 1.29 is 34.4 Å². The number of carbonyl (C=O) groups is 1. The maximum Gasteiger partial charge on any atom is 0.164 e. The number of thioether (sulfide) groups is 1. The minimum absolute atomic E-state index is 0. The van der Waals surface area contributed by atoms with Crippen LogP contribution in [-0.4, -0.2) is 21.1 Å². The molecule has 4 nitrogen and oxygen atoms in total. The number of allylic oxidation sites excluding steroid dienone is 2. The molecular formula is C47H60IrNO3S-. The molecule has 0 saturated heterocycles. The molecular weight excluding hydrogens is 851 g/mol. The fourth-order valence-corrected chi connectivity index (χ4v) is 8.80. The number of nitrogens with zero attached hydrogens (tertiary/aromatic N) is 1. The molecule has 5 aromatic rings. The van der Waals surface area contributed by atoms with Crippen LogP contribution in [0.3, 0.4) is 0 Å². The van der Waals surface area contributed by atoms with Gasteiger partial charge in [0.1, 0.15) is 16.9 Å². The normalized spacial score (nSPS) is 16.5. The standard InChI is InChI=1S/C32H32NOS.C15H28O2.Ir/c1-18(2)15-24-19(3)35-27-12-11-26-28(29(24)27)23-13-14-33-30(31(23)34-26)21-16-20-9-7-8-10-22(20)25(17-21)32(4,5)6;1-7-14(5,8-2)12(16)11-13(17)15(6,9-3)10-4;/h7-14,17-19,24H,15H2,1-6H3;11,16H,7-10H2,1-6H3;/q-1;;/b;12-11-;. The predicted molar refractivity (Wildman–Crippen MR) is 223 cm³/mol. The number of aliphatic hydroxyl groups is 1. The Labute approximate surface area is 336 Å². The van der Waals surface area contributed by atoms with Gasteiger partial charge in [-0.15, -0.1) is 40.9 Å². The summed E-state index contributed by atoms with van der Waals surface area (Å²) in [6.45, 7) is 25.9. The van der Waals surface area contributed by atoms with E-state index < -0.39 is 0 Å². The van der Waals surface area contributed by atoms with Gasteiger partial charge in [0, 0.05) is 69.8 Å². The summed E-state index contributed by atoms with van der Waals surface area (Å²) >= 11 is 2.01. The van der Waals surface area contributed by atoms with E-state index in [1.165, 1.54) is 44.7 Å². The van der Waals surface area contributed by atoms with Gasteiger partial charge < -0.3 is 9.52 Å². The van der Waals surface area contributed by atoms with Crippen molar-refractivity contribution in [3.63, 3.8) is 0 Å². The van der Waals surface area contributed by atoms with Crippen molar-refractivity contribution >= 4 is 50.3 Å². The molecule has 1 radical (unpaired) electrons. The molecule has 2 unspecified atom stereocenters. The van der Waals surface area contributed by atoms with Gasteiger partial charge in [-0.25, -0.2) is 0 Å². The summed E-state index contributed by atoms with van der Waals surface area (Å²) in [5, 5.41) is 15.5.